The third kappa shape index (κ3) is 3.25. The van der Waals surface area contributed by atoms with Crippen molar-refractivity contribution >= 4 is 28.7 Å². The summed E-state index contributed by atoms with van der Waals surface area (Å²) < 4.78 is 5.75. The minimum Gasteiger partial charge on any atom is -0.449 e. The first-order valence-corrected chi connectivity index (χ1v) is 8.14. The van der Waals surface area contributed by atoms with Crippen molar-refractivity contribution in [1.29, 1.82) is 0 Å². The van der Waals surface area contributed by atoms with Gasteiger partial charge in [0.1, 0.15) is 0 Å². The number of nitrogens with one attached hydrogen (secondary N) is 1. The number of hydrogen-bond donors (Lipinski definition) is 2. The lowest BCUT2D eigenvalue weighted by molar-refractivity contribution is 0.144. The molecule has 27 heavy (non-hydrogen) atoms. The van der Waals surface area contributed by atoms with Crippen LogP contribution in [0.2, 0.25) is 5.02 Å². The van der Waals surface area contributed by atoms with Gasteiger partial charge in [-0.2, -0.15) is 5.10 Å². The summed E-state index contributed by atoms with van der Waals surface area (Å²) in [7, 11) is 0. The molecule has 4 aromatic rings. The molecule has 2 N–H and O–H groups in total. The van der Waals surface area contributed by atoms with Gasteiger partial charge in [-0.1, -0.05) is 35.9 Å². The van der Waals surface area contributed by atoms with Crippen LogP contribution < -0.4 is 10.3 Å². The van der Waals surface area contributed by atoms with Gasteiger partial charge in [0.05, 0.1) is 23.3 Å². The monoisotopic (exact) mass is 382 g/mol. The van der Waals surface area contributed by atoms with Gasteiger partial charge >= 0.3 is 6.16 Å². The Kier molecular flexibility index (Phi) is 4.09. The Morgan fingerprint density at radius 1 is 1.22 bits per heavy atom. The number of H-pyrrole nitrogens is 1. The highest BCUT2D eigenvalue weighted by Crippen LogP contribution is 2.29. The Hall–Kier alpha value is -3.65. The Bertz CT molecular complexity index is 1230. The summed E-state index contributed by atoms with van der Waals surface area (Å²) >= 11 is 6.25. The van der Waals surface area contributed by atoms with Crippen molar-refractivity contribution in [2.45, 2.75) is 0 Å². The van der Waals surface area contributed by atoms with Gasteiger partial charge in [0.2, 0.25) is 5.95 Å². The highest BCUT2D eigenvalue weighted by atomic mass is 35.5. The average molecular weight is 383 g/mol. The fraction of sp³-hybridized carbons (Fsp3) is 0. The molecular weight excluding hydrogens is 372 g/mol. The zero-order chi connectivity index (χ0) is 19.0. The highest BCUT2D eigenvalue weighted by Gasteiger charge is 2.11. The van der Waals surface area contributed by atoms with Crippen LogP contribution in [0.15, 0.2) is 59.7 Å². The van der Waals surface area contributed by atoms with Crippen LogP contribution in [-0.4, -0.2) is 31.0 Å². The van der Waals surface area contributed by atoms with E-state index in [2.05, 4.69) is 19.8 Å². The maximum Gasteiger partial charge on any atom is 0.511 e. The summed E-state index contributed by atoms with van der Waals surface area (Å²) in [5.41, 5.74) is 1.73. The number of rotatable bonds is 3. The minimum absolute atomic E-state index is 0.00932. The fourth-order valence-corrected chi connectivity index (χ4v) is 2.92. The maximum absolute atomic E-state index is 12.4. The van der Waals surface area contributed by atoms with Crippen LogP contribution >= 0.6 is 11.6 Å². The third-order valence-corrected chi connectivity index (χ3v) is 4.19. The van der Waals surface area contributed by atoms with Gasteiger partial charge in [-0.05, 0) is 23.8 Å². The quantitative estimate of drug-likeness (QED) is 0.525. The van der Waals surface area contributed by atoms with Gasteiger partial charge in [0.25, 0.3) is 5.56 Å². The lowest BCUT2D eigenvalue weighted by Crippen LogP contribution is -2.13. The largest absolute Gasteiger partial charge is 0.511 e. The summed E-state index contributed by atoms with van der Waals surface area (Å²) in [6, 6.07) is 12.6. The second-order valence-corrected chi connectivity index (χ2v) is 6.00. The predicted octanol–water partition coefficient (Wildman–Crippen LogP) is 3.49. The van der Waals surface area contributed by atoms with E-state index < -0.39 is 6.16 Å². The first kappa shape index (κ1) is 16.8. The number of aromatic nitrogens is 4. The zero-order valence-corrected chi connectivity index (χ0v) is 14.3. The highest BCUT2D eigenvalue weighted by molar-refractivity contribution is 6.33. The predicted molar refractivity (Wildman–Crippen MR) is 98.6 cm³/mol. The van der Waals surface area contributed by atoms with Crippen molar-refractivity contribution < 1.29 is 14.6 Å². The Labute approximate surface area is 156 Å². The Morgan fingerprint density at radius 3 is 2.81 bits per heavy atom. The van der Waals surface area contributed by atoms with Gasteiger partial charge in [-0.15, -0.1) is 0 Å². The topological polar surface area (TPSA) is 110 Å². The number of nitrogens with zero attached hydrogens (tertiary/aromatic N) is 3. The number of carboxylic acid groups (broad SMARTS) is 1. The van der Waals surface area contributed by atoms with Crippen LogP contribution in [-0.2, 0) is 0 Å². The van der Waals surface area contributed by atoms with E-state index in [-0.39, 0.29) is 17.3 Å². The van der Waals surface area contributed by atoms with E-state index in [4.69, 9.17) is 16.7 Å². The zero-order valence-electron chi connectivity index (χ0n) is 13.6. The third-order valence-electron chi connectivity index (χ3n) is 3.86. The molecule has 2 aromatic carbocycles. The summed E-state index contributed by atoms with van der Waals surface area (Å²) in [6.45, 7) is 0. The molecule has 0 aliphatic rings. The van der Waals surface area contributed by atoms with Gasteiger partial charge in [0.15, 0.2) is 5.75 Å². The summed E-state index contributed by atoms with van der Waals surface area (Å²) in [4.78, 5) is 30.0. The lowest BCUT2D eigenvalue weighted by Gasteiger charge is -2.07. The standard InChI is InChI=1S/C18H11ClN4O4/c19-14-4-2-1-3-12(14)10-5-6-13-15(7-10)21-17(22-16(13)24)23-9-11(8-20-23)27-18(25)26/h1-9H,(H,25,26)(H,21,22,24). The Morgan fingerprint density at radius 2 is 2.04 bits per heavy atom. The minimum atomic E-state index is -1.46. The van der Waals surface area contributed by atoms with Crippen LogP contribution in [0.5, 0.6) is 5.75 Å². The number of halogens is 1. The number of benzene rings is 2. The van der Waals surface area contributed by atoms with E-state index in [1.54, 1.807) is 24.3 Å². The molecule has 0 amide bonds. The van der Waals surface area contributed by atoms with E-state index in [9.17, 15) is 9.59 Å². The van der Waals surface area contributed by atoms with E-state index in [0.717, 1.165) is 11.1 Å². The second-order valence-electron chi connectivity index (χ2n) is 5.59. The van der Waals surface area contributed by atoms with Gasteiger partial charge in [0, 0.05) is 10.6 Å². The molecule has 0 fully saturated rings. The summed E-state index contributed by atoms with van der Waals surface area (Å²) in [6.07, 6.45) is 1.05. The molecular formula is C18H11ClN4O4. The van der Waals surface area contributed by atoms with E-state index in [1.165, 1.54) is 17.1 Å². The number of hydrogen-bond acceptors (Lipinski definition) is 5. The smallest absolute Gasteiger partial charge is 0.449 e. The van der Waals surface area contributed by atoms with Crippen LogP contribution in [0, 0.1) is 0 Å². The molecule has 9 heteroatoms. The molecule has 0 unspecified atom stereocenters. The summed E-state index contributed by atoms with van der Waals surface area (Å²) in [5, 5.41) is 13.6. The van der Waals surface area contributed by atoms with Crippen molar-refractivity contribution in [3.8, 4) is 22.8 Å². The molecule has 4 rings (SSSR count). The van der Waals surface area contributed by atoms with Crippen LogP contribution in [0.1, 0.15) is 0 Å². The molecule has 2 heterocycles. The molecule has 134 valence electrons. The van der Waals surface area contributed by atoms with Gasteiger partial charge in [-0.3, -0.25) is 9.78 Å². The molecule has 0 saturated carbocycles. The number of carbonyl (C=O) groups is 1. The normalized spacial score (nSPS) is 10.9. The van der Waals surface area contributed by atoms with Crippen molar-refractivity contribution in [2.75, 3.05) is 0 Å². The van der Waals surface area contributed by atoms with Crippen molar-refractivity contribution in [3.05, 3.63) is 70.2 Å². The Balaban J connectivity index is 1.82. The first-order chi connectivity index (χ1) is 13.0. The molecule has 0 saturated heterocycles. The maximum atomic E-state index is 12.4. The van der Waals surface area contributed by atoms with E-state index in [1.807, 2.05) is 18.2 Å². The summed E-state index contributed by atoms with van der Waals surface area (Å²) in [5.74, 6) is 0.138. The molecule has 8 nitrogen and oxygen atoms in total. The lowest BCUT2D eigenvalue weighted by atomic mass is 10.0. The second kappa shape index (κ2) is 6.58. The van der Waals surface area contributed by atoms with Crippen molar-refractivity contribution in [1.82, 2.24) is 19.7 Å². The van der Waals surface area contributed by atoms with Crippen LogP contribution in [0.3, 0.4) is 0 Å². The van der Waals surface area contributed by atoms with Crippen LogP contribution in [0.25, 0.3) is 28.0 Å². The van der Waals surface area contributed by atoms with Gasteiger partial charge < -0.3 is 9.84 Å². The van der Waals surface area contributed by atoms with E-state index in [0.29, 0.717) is 15.9 Å². The molecule has 2 aromatic heterocycles. The molecule has 0 aliphatic carbocycles. The molecule has 0 radical (unpaired) electrons. The van der Waals surface area contributed by atoms with Crippen LogP contribution in [0.4, 0.5) is 4.79 Å². The first-order valence-electron chi connectivity index (χ1n) is 7.76. The fourth-order valence-electron chi connectivity index (χ4n) is 2.67. The van der Waals surface area contributed by atoms with Crippen molar-refractivity contribution in [2.24, 2.45) is 0 Å². The van der Waals surface area contributed by atoms with Gasteiger partial charge in [-0.25, -0.2) is 14.5 Å². The molecule has 0 spiro atoms. The average Bonchev–Trinajstić information content (AvgIpc) is 3.09. The van der Waals surface area contributed by atoms with E-state index >= 15 is 0 Å². The molecule has 0 aliphatic heterocycles. The number of fused-ring (bicyclic) bond motifs is 1. The number of ether oxygens (including phenoxy) is 1. The SMILES string of the molecule is O=C(O)Oc1cnn(-c2nc3cc(-c4ccccc4Cl)ccc3c(=O)[nH]2)c1. The number of aromatic amines is 1. The van der Waals surface area contributed by atoms with Crippen molar-refractivity contribution in [3.63, 3.8) is 0 Å². The molecule has 0 bridgehead atoms. The molecule has 0 atom stereocenters.